The zero-order valence-corrected chi connectivity index (χ0v) is 12.0. The number of thiophene rings is 1. The number of hydrogen-bond acceptors (Lipinski definition) is 3. The standard InChI is InChI=1S/C13H18ClNO2S/c1-9(11-4-5-12(14)18-11)13(17)15-6-2-3-10(7-15)8-16/h4-5,9-10,16H,2-3,6-8H2,1H3. The summed E-state index contributed by atoms with van der Waals surface area (Å²) < 4.78 is 0.719. The summed E-state index contributed by atoms with van der Waals surface area (Å²) in [6.07, 6.45) is 1.99. The Bertz CT molecular complexity index is 421. The van der Waals surface area contributed by atoms with Crippen LogP contribution in [0.15, 0.2) is 12.1 Å². The highest BCUT2D eigenvalue weighted by Gasteiger charge is 2.27. The number of aliphatic hydroxyl groups is 1. The van der Waals surface area contributed by atoms with Gasteiger partial charge in [0.05, 0.1) is 10.3 Å². The van der Waals surface area contributed by atoms with Gasteiger partial charge in [-0.15, -0.1) is 11.3 Å². The minimum absolute atomic E-state index is 0.139. The number of hydrogen-bond donors (Lipinski definition) is 1. The van der Waals surface area contributed by atoms with E-state index < -0.39 is 0 Å². The first kappa shape index (κ1) is 13.8. The molecule has 1 aromatic heterocycles. The Morgan fingerprint density at radius 3 is 3.06 bits per heavy atom. The van der Waals surface area contributed by atoms with Gasteiger partial charge in [0.15, 0.2) is 0 Å². The third-order valence-corrected chi connectivity index (χ3v) is 4.89. The van der Waals surface area contributed by atoms with Crippen molar-refractivity contribution in [1.82, 2.24) is 4.90 Å². The van der Waals surface area contributed by atoms with E-state index in [0.717, 1.165) is 28.6 Å². The molecule has 5 heteroatoms. The number of aliphatic hydroxyl groups excluding tert-OH is 1. The Morgan fingerprint density at radius 2 is 2.44 bits per heavy atom. The minimum Gasteiger partial charge on any atom is -0.396 e. The van der Waals surface area contributed by atoms with Crippen molar-refractivity contribution < 1.29 is 9.90 Å². The maximum atomic E-state index is 12.4. The van der Waals surface area contributed by atoms with Crippen LogP contribution in [0.1, 0.15) is 30.6 Å². The topological polar surface area (TPSA) is 40.5 Å². The van der Waals surface area contributed by atoms with Crippen molar-refractivity contribution in [2.45, 2.75) is 25.7 Å². The molecule has 0 bridgehead atoms. The monoisotopic (exact) mass is 287 g/mol. The first-order valence-corrected chi connectivity index (χ1v) is 7.46. The predicted molar refractivity (Wildman–Crippen MR) is 74.1 cm³/mol. The summed E-state index contributed by atoms with van der Waals surface area (Å²) >= 11 is 7.36. The lowest BCUT2D eigenvalue weighted by Crippen LogP contribution is -2.42. The van der Waals surface area contributed by atoms with Gasteiger partial charge in [0, 0.05) is 24.6 Å². The number of halogens is 1. The third-order valence-electron chi connectivity index (χ3n) is 3.48. The van der Waals surface area contributed by atoms with Crippen molar-refractivity contribution >= 4 is 28.8 Å². The molecule has 1 aliphatic heterocycles. The van der Waals surface area contributed by atoms with Gasteiger partial charge in [-0.25, -0.2) is 0 Å². The van der Waals surface area contributed by atoms with Crippen molar-refractivity contribution in [3.05, 3.63) is 21.3 Å². The molecule has 2 unspecified atom stereocenters. The second kappa shape index (κ2) is 6.04. The lowest BCUT2D eigenvalue weighted by Gasteiger charge is -2.33. The molecule has 0 aromatic carbocycles. The second-order valence-electron chi connectivity index (χ2n) is 4.84. The maximum Gasteiger partial charge on any atom is 0.230 e. The summed E-state index contributed by atoms with van der Waals surface area (Å²) in [5.74, 6) is 0.244. The fourth-order valence-electron chi connectivity index (χ4n) is 2.37. The van der Waals surface area contributed by atoms with Crippen LogP contribution in [-0.4, -0.2) is 35.6 Å². The number of amides is 1. The Kier molecular flexibility index (Phi) is 4.65. The molecule has 0 saturated carbocycles. The third kappa shape index (κ3) is 3.05. The van der Waals surface area contributed by atoms with Gasteiger partial charge in [-0.1, -0.05) is 11.6 Å². The van der Waals surface area contributed by atoms with E-state index in [4.69, 9.17) is 11.6 Å². The van der Waals surface area contributed by atoms with Crippen molar-refractivity contribution in [2.75, 3.05) is 19.7 Å². The van der Waals surface area contributed by atoms with E-state index in [9.17, 15) is 9.90 Å². The van der Waals surface area contributed by atoms with Crippen LogP contribution in [0.25, 0.3) is 0 Å². The molecule has 18 heavy (non-hydrogen) atoms. The molecule has 0 radical (unpaired) electrons. The molecule has 1 fully saturated rings. The zero-order valence-electron chi connectivity index (χ0n) is 10.4. The molecule has 1 aliphatic rings. The molecular formula is C13H18ClNO2S. The van der Waals surface area contributed by atoms with Crippen LogP contribution in [0.2, 0.25) is 4.34 Å². The van der Waals surface area contributed by atoms with Gasteiger partial charge < -0.3 is 10.0 Å². The number of likely N-dealkylation sites (tertiary alicyclic amines) is 1. The molecule has 3 nitrogen and oxygen atoms in total. The van der Waals surface area contributed by atoms with Crippen LogP contribution in [0.3, 0.4) is 0 Å². The Hall–Kier alpha value is -0.580. The smallest absolute Gasteiger partial charge is 0.230 e. The lowest BCUT2D eigenvalue weighted by atomic mass is 9.97. The largest absolute Gasteiger partial charge is 0.396 e. The van der Waals surface area contributed by atoms with Crippen molar-refractivity contribution in [2.24, 2.45) is 5.92 Å². The van der Waals surface area contributed by atoms with Gasteiger partial charge in [0.25, 0.3) is 0 Å². The van der Waals surface area contributed by atoms with Gasteiger partial charge in [0.1, 0.15) is 0 Å². The number of piperidine rings is 1. The van der Waals surface area contributed by atoms with E-state index in [2.05, 4.69) is 0 Å². The van der Waals surface area contributed by atoms with Crippen molar-refractivity contribution in [1.29, 1.82) is 0 Å². The molecule has 0 aliphatic carbocycles. The van der Waals surface area contributed by atoms with E-state index in [1.54, 1.807) is 0 Å². The van der Waals surface area contributed by atoms with E-state index in [1.165, 1.54) is 11.3 Å². The summed E-state index contributed by atoms with van der Waals surface area (Å²) in [6, 6.07) is 3.75. The Balaban J connectivity index is 2.02. The molecule has 2 atom stereocenters. The van der Waals surface area contributed by atoms with Crippen LogP contribution in [0, 0.1) is 5.92 Å². The average Bonchev–Trinajstić information content (AvgIpc) is 2.83. The maximum absolute atomic E-state index is 12.4. The summed E-state index contributed by atoms with van der Waals surface area (Å²) in [4.78, 5) is 15.3. The zero-order chi connectivity index (χ0) is 13.1. The molecule has 1 N–H and O–H groups in total. The molecule has 2 rings (SSSR count). The van der Waals surface area contributed by atoms with E-state index in [-0.39, 0.29) is 24.3 Å². The Morgan fingerprint density at radius 1 is 1.67 bits per heavy atom. The van der Waals surface area contributed by atoms with E-state index >= 15 is 0 Å². The predicted octanol–water partition coefficient (Wildman–Crippen LogP) is 2.74. The Labute approximate surface area is 116 Å². The van der Waals surface area contributed by atoms with Crippen LogP contribution >= 0.6 is 22.9 Å². The fraction of sp³-hybridized carbons (Fsp3) is 0.615. The van der Waals surface area contributed by atoms with Crippen LogP contribution in [-0.2, 0) is 4.79 Å². The number of carbonyl (C=O) groups excluding carboxylic acids is 1. The van der Waals surface area contributed by atoms with Crippen LogP contribution in [0.4, 0.5) is 0 Å². The van der Waals surface area contributed by atoms with E-state index in [1.807, 2.05) is 24.0 Å². The highest BCUT2D eigenvalue weighted by atomic mass is 35.5. The summed E-state index contributed by atoms with van der Waals surface area (Å²) in [5, 5.41) is 9.20. The molecule has 1 amide bonds. The van der Waals surface area contributed by atoms with Gasteiger partial charge in [0.2, 0.25) is 5.91 Å². The summed E-state index contributed by atoms with van der Waals surface area (Å²) in [7, 11) is 0. The number of nitrogens with zero attached hydrogens (tertiary/aromatic N) is 1. The molecule has 0 spiro atoms. The summed E-state index contributed by atoms with van der Waals surface area (Å²) in [5.41, 5.74) is 0. The molecule has 2 heterocycles. The molecular weight excluding hydrogens is 270 g/mol. The fourth-order valence-corrected chi connectivity index (χ4v) is 3.48. The van der Waals surface area contributed by atoms with E-state index in [0.29, 0.717) is 6.54 Å². The summed E-state index contributed by atoms with van der Waals surface area (Å²) in [6.45, 7) is 3.58. The number of carbonyl (C=O) groups is 1. The minimum atomic E-state index is -0.139. The average molecular weight is 288 g/mol. The molecule has 100 valence electrons. The highest BCUT2D eigenvalue weighted by Crippen LogP contribution is 2.30. The SMILES string of the molecule is CC(C(=O)N1CCCC(CO)C1)c1ccc(Cl)s1. The van der Waals surface area contributed by atoms with Gasteiger partial charge in [-0.3, -0.25) is 4.79 Å². The first-order valence-electron chi connectivity index (χ1n) is 6.26. The van der Waals surface area contributed by atoms with Crippen molar-refractivity contribution in [3.8, 4) is 0 Å². The normalized spacial score (nSPS) is 21.9. The van der Waals surface area contributed by atoms with Crippen LogP contribution < -0.4 is 0 Å². The lowest BCUT2D eigenvalue weighted by molar-refractivity contribution is -0.134. The molecule has 1 aromatic rings. The molecule has 1 saturated heterocycles. The van der Waals surface area contributed by atoms with Crippen molar-refractivity contribution in [3.63, 3.8) is 0 Å². The van der Waals surface area contributed by atoms with Gasteiger partial charge in [-0.05, 0) is 37.8 Å². The first-order chi connectivity index (χ1) is 8.61. The quantitative estimate of drug-likeness (QED) is 0.929. The van der Waals surface area contributed by atoms with Crippen LogP contribution in [0.5, 0.6) is 0 Å². The van der Waals surface area contributed by atoms with Gasteiger partial charge in [-0.2, -0.15) is 0 Å². The second-order valence-corrected chi connectivity index (χ2v) is 6.59. The van der Waals surface area contributed by atoms with Gasteiger partial charge >= 0.3 is 0 Å². The highest BCUT2D eigenvalue weighted by molar-refractivity contribution is 7.16. The number of rotatable bonds is 3.